The topological polar surface area (TPSA) is 228 Å². The quantitative estimate of drug-likeness (QED) is 0.0194. The molecule has 3 saturated carbocycles. The van der Waals surface area contributed by atoms with Crippen LogP contribution in [0, 0.1) is 63.6 Å². The molecule has 5 aliphatic rings. The minimum Gasteiger partial charge on any atom is -0.481 e. The van der Waals surface area contributed by atoms with Crippen LogP contribution in [0.3, 0.4) is 0 Å². The maximum atomic E-state index is 14.6. The van der Waals surface area contributed by atoms with Gasteiger partial charge in [0.2, 0.25) is 0 Å². The summed E-state index contributed by atoms with van der Waals surface area (Å²) in [6, 6.07) is 0. The van der Waals surface area contributed by atoms with Crippen LogP contribution in [0.2, 0.25) is 0 Å². The highest BCUT2D eigenvalue weighted by Gasteiger charge is 2.71. The lowest BCUT2D eigenvalue weighted by atomic mass is 9.34. The van der Waals surface area contributed by atoms with Crippen molar-refractivity contribution < 1.29 is 68.2 Å². The second kappa shape index (κ2) is 35.0. The van der Waals surface area contributed by atoms with Crippen LogP contribution in [0.4, 0.5) is 0 Å². The van der Waals surface area contributed by atoms with Gasteiger partial charge in [-0.2, -0.15) is 0 Å². The van der Waals surface area contributed by atoms with Crippen LogP contribution in [0.25, 0.3) is 0 Å². The van der Waals surface area contributed by atoms with Crippen molar-refractivity contribution >= 4 is 41.8 Å². The SMILES string of the molecule is CC/C=C/C/C=C/C/C=C/CCCCCCCC(=O)OC(COC(=O)CCCCCCC/C=C/C(/C=C/CCCCC)C(CC(=O)O)C(=O)O)COC(=O)C1(C)CCCC2(C)C1CCC13C=C(C(C)C)C(CC21)C(C(=O)O)C3C(=O)O. The summed E-state index contributed by atoms with van der Waals surface area (Å²) in [4.78, 5) is 90.5. The number of fused-ring (bicyclic) bond motifs is 2. The number of hydrogen-bond acceptors (Lipinski definition) is 10. The third-order valence-electron chi connectivity index (χ3n) is 18.5. The Morgan fingerprint density at radius 3 is 1.79 bits per heavy atom. The molecule has 0 aliphatic heterocycles. The molecular weight excluding hydrogens is 1030 g/mol. The summed E-state index contributed by atoms with van der Waals surface area (Å²) in [6.45, 7) is 11.9. The standard InChI is InChI=1S/C67H102O14/c1-7-9-11-13-14-15-16-17-18-19-20-21-24-29-33-38-58(71)81-50(46-79-57(70)37-32-28-25-22-23-27-31-36-49(35-30-26-12-10-8-2)51(61(72)73)44-56(68)69)47-80-64(78)66(6)41-34-40-65(5)54(66)39-42-67-45-53(48(3)4)52(43-55(65)67)59(62(74)75)60(67)63(76)77/h9,11,14-15,17-18,30-31,35-36,45,48-52,54-55,59-60H,7-8,10,12-13,16,19-29,32-34,37-44,46-47H2,1-6H3,(H,68,69)(H,72,73)(H,74,75)(H,76,77)/b11-9+,15-14+,18-17+,35-30+,36-31+. The van der Waals surface area contributed by atoms with Gasteiger partial charge in [-0.3, -0.25) is 33.6 Å². The third-order valence-corrected chi connectivity index (χ3v) is 18.5. The average Bonchev–Trinajstić information content (AvgIpc) is 3.62. The second-order valence-electron chi connectivity index (χ2n) is 24.6. The zero-order valence-electron chi connectivity index (χ0n) is 50.1. The lowest BCUT2D eigenvalue weighted by Gasteiger charge is -2.68. The number of hydrogen-bond donors (Lipinski definition) is 4. The molecule has 3 fully saturated rings. The number of unbranched alkanes of at least 4 members (excludes halogenated alkanes) is 13. The molecule has 11 atom stereocenters. The van der Waals surface area contributed by atoms with Gasteiger partial charge >= 0.3 is 41.8 Å². The summed E-state index contributed by atoms with van der Waals surface area (Å²) in [7, 11) is 0. The summed E-state index contributed by atoms with van der Waals surface area (Å²) in [5.74, 6) is -10.1. The highest BCUT2D eigenvalue weighted by Crippen LogP contribution is 2.73. The molecule has 0 amide bonds. The van der Waals surface area contributed by atoms with Gasteiger partial charge in [-0.15, -0.1) is 0 Å². The number of carbonyl (C=O) groups is 7. The molecule has 1 spiro atoms. The smallest absolute Gasteiger partial charge is 0.312 e. The van der Waals surface area contributed by atoms with Crippen LogP contribution in [0.5, 0.6) is 0 Å². The van der Waals surface area contributed by atoms with Gasteiger partial charge in [-0.25, -0.2) is 0 Å². The number of carboxylic acids is 4. The van der Waals surface area contributed by atoms with Crippen molar-refractivity contribution in [2.75, 3.05) is 13.2 Å². The number of ether oxygens (including phenoxy) is 3. The number of allylic oxidation sites excluding steroid dienone is 12. The van der Waals surface area contributed by atoms with E-state index in [1.165, 1.54) is 0 Å². The van der Waals surface area contributed by atoms with Crippen molar-refractivity contribution in [1.29, 1.82) is 0 Å². The first kappa shape index (κ1) is 68.2. The van der Waals surface area contributed by atoms with E-state index >= 15 is 0 Å². The maximum Gasteiger partial charge on any atom is 0.312 e. The molecule has 0 radical (unpaired) electrons. The summed E-state index contributed by atoms with van der Waals surface area (Å²) in [6.07, 6.45) is 42.4. The first-order valence-corrected chi connectivity index (χ1v) is 31.2. The van der Waals surface area contributed by atoms with Crippen LogP contribution in [-0.2, 0) is 47.8 Å². The second-order valence-corrected chi connectivity index (χ2v) is 24.6. The van der Waals surface area contributed by atoms with Gasteiger partial charge in [0.15, 0.2) is 6.10 Å². The molecular formula is C67H102O14. The molecule has 0 aromatic heterocycles. The van der Waals surface area contributed by atoms with Crippen LogP contribution >= 0.6 is 0 Å². The molecule has 14 heteroatoms. The summed E-state index contributed by atoms with van der Waals surface area (Å²) >= 11 is 0. The summed E-state index contributed by atoms with van der Waals surface area (Å²) in [5.41, 5.74) is -1.23. The zero-order chi connectivity index (χ0) is 59.4. The van der Waals surface area contributed by atoms with E-state index in [4.69, 9.17) is 14.2 Å². The Bertz CT molecular complexity index is 2220. The van der Waals surface area contributed by atoms with E-state index in [9.17, 15) is 54.0 Å². The van der Waals surface area contributed by atoms with Crippen molar-refractivity contribution in [3.8, 4) is 0 Å². The van der Waals surface area contributed by atoms with Gasteiger partial charge in [0.25, 0.3) is 0 Å². The normalized spacial score (nSPS) is 26.4. The fourth-order valence-electron chi connectivity index (χ4n) is 14.4. The predicted octanol–water partition coefficient (Wildman–Crippen LogP) is 15.0. The molecule has 0 saturated heterocycles. The van der Waals surface area contributed by atoms with E-state index in [1.54, 1.807) is 0 Å². The Morgan fingerprint density at radius 2 is 1.21 bits per heavy atom. The monoisotopic (exact) mass is 1130 g/mol. The fourth-order valence-corrected chi connectivity index (χ4v) is 14.4. The molecule has 14 nitrogen and oxygen atoms in total. The molecule has 5 aliphatic carbocycles. The Kier molecular flexibility index (Phi) is 29.5. The molecule has 0 aromatic rings. The Hall–Kier alpha value is -5.27. The molecule has 81 heavy (non-hydrogen) atoms. The van der Waals surface area contributed by atoms with Gasteiger partial charge in [0.05, 0.1) is 29.6 Å². The van der Waals surface area contributed by atoms with Crippen molar-refractivity contribution in [2.45, 2.75) is 227 Å². The molecule has 4 N–H and O–H groups in total. The summed E-state index contributed by atoms with van der Waals surface area (Å²) < 4.78 is 17.7. The van der Waals surface area contributed by atoms with E-state index in [1.807, 2.05) is 45.1 Å². The van der Waals surface area contributed by atoms with Crippen molar-refractivity contribution in [2.24, 2.45) is 63.6 Å². The lowest BCUT2D eigenvalue weighted by Crippen LogP contribution is -2.66. The van der Waals surface area contributed by atoms with E-state index in [2.05, 4.69) is 63.3 Å². The predicted molar refractivity (Wildman–Crippen MR) is 315 cm³/mol. The number of aliphatic carboxylic acids is 4. The van der Waals surface area contributed by atoms with Gasteiger partial charge in [0, 0.05) is 24.2 Å². The van der Waals surface area contributed by atoms with Gasteiger partial charge in [0.1, 0.15) is 13.2 Å². The number of esters is 3. The maximum absolute atomic E-state index is 14.6. The van der Waals surface area contributed by atoms with Crippen LogP contribution in [0.15, 0.2) is 72.4 Å². The minimum atomic E-state index is -1.15. The van der Waals surface area contributed by atoms with Gasteiger partial charge < -0.3 is 34.6 Å². The van der Waals surface area contributed by atoms with E-state index < -0.39 is 100 Å². The minimum absolute atomic E-state index is 0.0730. The Morgan fingerprint density at radius 1 is 0.642 bits per heavy atom. The Balaban J connectivity index is 1.33. The van der Waals surface area contributed by atoms with Crippen LogP contribution < -0.4 is 0 Å². The van der Waals surface area contributed by atoms with E-state index in [0.29, 0.717) is 51.4 Å². The molecule has 5 rings (SSSR count). The molecule has 454 valence electrons. The highest BCUT2D eigenvalue weighted by atomic mass is 16.6. The first-order valence-electron chi connectivity index (χ1n) is 31.2. The van der Waals surface area contributed by atoms with Crippen molar-refractivity contribution in [1.82, 2.24) is 0 Å². The van der Waals surface area contributed by atoms with E-state index in [0.717, 1.165) is 115 Å². The number of carboxylic acid groups (broad SMARTS) is 4. The lowest BCUT2D eigenvalue weighted by molar-refractivity contribution is -0.210. The Labute approximate surface area is 484 Å². The first-order chi connectivity index (χ1) is 38.8. The zero-order valence-corrected chi connectivity index (χ0v) is 50.1. The third kappa shape index (κ3) is 20.2. The number of carbonyl (C=O) groups excluding carboxylic acids is 3. The average molecular weight is 1130 g/mol. The number of rotatable bonds is 40. The summed E-state index contributed by atoms with van der Waals surface area (Å²) in [5, 5.41) is 40.4. The fraction of sp³-hybridized carbons (Fsp3) is 0.716. The molecule has 11 unspecified atom stereocenters. The van der Waals surface area contributed by atoms with Crippen LogP contribution in [0.1, 0.15) is 221 Å². The largest absolute Gasteiger partial charge is 0.481 e. The van der Waals surface area contributed by atoms with Crippen molar-refractivity contribution in [3.63, 3.8) is 0 Å². The molecule has 0 aromatic carbocycles. The van der Waals surface area contributed by atoms with Crippen LogP contribution in [-0.4, -0.2) is 81.5 Å². The van der Waals surface area contributed by atoms with Crippen molar-refractivity contribution in [3.05, 3.63) is 72.4 Å². The van der Waals surface area contributed by atoms with Gasteiger partial charge in [-0.1, -0.05) is 165 Å². The molecule has 0 heterocycles. The van der Waals surface area contributed by atoms with Gasteiger partial charge in [-0.05, 0) is 139 Å². The molecule has 2 bridgehead atoms. The van der Waals surface area contributed by atoms with E-state index in [-0.39, 0.29) is 43.8 Å². The highest BCUT2D eigenvalue weighted by molar-refractivity contribution is 5.83.